The standard InChI is InChI=1S/C37H58/c1-9-14-18-28(11-3)25-37(26-29(12-4)19-15-10-2)34-21-17-16-20-32(34)33-23-22-31(24-35(33)37)30(13-5)27-36(6,7)8/h16-17,20-24,28-30H,9-15,18-19,25-27H2,1-8H3. The molecular weight excluding hydrogens is 444 g/mol. The molecule has 0 nitrogen and oxygen atoms in total. The van der Waals surface area contributed by atoms with Gasteiger partial charge in [0.05, 0.1) is 0 Å². The Bertz CT molecular complexity index is 940. The van der Waals surface area contributed by atoms with E-state index in [1.807, 2.05) is 0 Å². The van der Waals surface area contributed by atoms with Gasteiger partial charge in [0.2, 0.25) is 0 Å². The molecule has 206 valence electrons. The lowest BCUT2D eigenvalue weighted by molar-refractivity contribution is 0.265. The maximum atomic E-state index is 2.70. The highest BCUT2D eigenvalue weighted by Gasteiger charge is 2.45. The van der Waals surface area contributed by atoms with E-state index < -0.39 is 0 Å². The highest BCUT2D eigenvalue weighted by Crippen LogP contribution is 2.57. The second-order valence-electron chi connectivity index (χ2n) is 13.5. The summed E-state index contributed by atoms with van der Waals surface area (Å²) in [6.45, 7) is 19.2. The van der Waals surface area contributed by atoms with Crippen molar-refractivity contribution in [2.24, 2.45) is 17.3 Å². The van der Waals surface area contributed by atoms with Crippen LogP contribution >= 0.6 is 0 Å². The zero-order valence-electron chi connectivity index (χ0n) is 25.8. The van der Waals surface area contributed by atoms with E-state index in [2.05, 4.69) is 97.9 Å². The lowest BCUT2D eigenvalue weighted by Crippen LogP contribution is -2.31. The number of unbranched alkanes of at least 4 members (excludes halogenated alkanes) is 2. The highest BCUT2D eigenvalue weighted by molar-refractivity contribution is 5.81. The molecule has 0 spiro atoms. The van der Waals surface area contributed by atoms with Gasteiger partial charge in [-0.05, 0) is 76.7 Å². The van der Waals surface area contributed by atoms with Gasteiger partial charge in [0.25, 0.3) is 0 Å². The van der Waals surface area contributed by atoms with E-state index in [-0.39, 0.29) is 5.41 Å². The van der Waals surface area contributed by atoms with Crippen LogP contribution in [0.1, 0.15) is 155 Å². The molecule has 0 aliphatic heterocycles. The lowest BCUT2D eigenvalue weighted by atomic mass is 9.64. The largest absolute Gasteiger partial charge is 0.0654 e. The summed E-state index contributed by atoms with van der Waals surface area (Å²) < 4.78 is 0. The molecule has 2 aromatic carbocycles. The second kappa shape index (κ2) is 13.5. The zero-order valence-corrected chi connectivity index (χ0v) is 25.8. The summed E-state index contributed by atoms with van der Waals surface area (Å²) in [5, 5.41) is 0. The average molecular weight is 503 g/mol. The molecule has 3 unspecified atom stereocenters. The van der Waals surface area contributed by atoms with Crippen LogP contribution in [0.5, 0.6) is 0 Å². The Morgan fingerprint density at radius 2 is 1.24 bits per heavy atom. The Morgan fingerprint density at radius 3 is 1.76 bits per heavy atom. The highest BCUT2D eigenvalue weighted by atomic mass is 14.5. The Kier molecular flexibility index (Phi) is 10.9. The van der Waals surface area contributed by atoms with Gasteiger partial charge in [0.15, 0.2) is 0 Å². The van der Waals surface area contributed by atoms with Gasteiger partial charge >= 0.3 is 0 Å². The Hall–Kier alpha value is -1.56. The topological polar surface area (TPSA) is 0 Å². The van der Waals surface area contributed by atoms with E-state index >= 15 is 0 Å². The van der Waals surface area contributed by atoms with Crippen molar-refractivity contribution in [3.8, 4) is 11.1 Å². The van der Waals surface area contributed by atoms with Crippen LogP contribution in [0, 0.1) is 17.3 Å². The first kappa shape index (κ1) is 30.0. The maximum Gasteiger partial charge on any atom is 0.0220 e. The molecule has 0 N–H and O–H groups in total. The SMILES string of the molecule is CCCCC(CC)CC1(CC(CC)CCCC)c2ccccc2-c2ccc(C(CC)CC(C)(C)C)cc21. The third kappa shape index (κ3) is 7.10. The summed E-state index contributed by atoms with van der Waals surface area (Å²) in [4.78, 5) is 0. The fourth-order valence-electron chi connectivity index (χ4n) is 7.36. The molecule has 0 radical (unpaired) electrons. The first-order valence-electron chi connectivity index (χ1n) is 16.0. The van der Waals surface area contributed by atoms with E-state index in [0.717, 1.165) is 11.8 Å². The van der Waals surface area contributed by atoms with Crippen molar-refractivity contribution < 1.29 is 0 Å². The van der Waals surface area contributed by atoms with Gasteiger partial charge in [-0.25, -0.2) is 0 Å². The normalized spacial score (nSPS) is 19.4. The minimum absolute atomic E-state index is 0.158. The van der Waals surface area contributed by atoms with E-state index in [1.54, 1.807) is 16.7 Å². The molecule has 0 heterocycles. The van der Waals surface area contributed by atoms with Gasteiger partial charge in [-0.3, -0.25) is 0 Å². The van der Waals surface area contributed by atoms with Crippen LogP contribution in [0.15, 0.2) is 42.5 Å². The molecule has 0 bridgehead atoms. The third-order valence-electron chi connectivity index (χ3n) is 9.48. The summed E-state index contributed by atoms with van der Waals surface area (Å²) in [6, 6.07) is 17.2. The van der Waals surface area contributed by atoms with Gasteiger partial charge in [-0.2, -0.15) is 0 Å². The molecule has 37 heavy (non-hydrogen) atoms. The third-order valence-corrected chi connectivity index (χ3v) is 9.48. The quantitative estimate of drug-likeness (QED) is 0.227. The Morgan fingerprint density at radius 1 is 0.676 bits per heavy atom. The van der Waals surface area contributed by atoms with Crippen molar-refractivity contribution >= 4 is 0 Å². The molecule has 0 heteroatoms. The van der Waals surface area contributed by atoms with Crippen LogP contribution in [0.25, 0.3) is 11.1 Å². The number of rotatable bonds is 15. The number of benzene rings is 2. The molecule has 0 aromatic heterocycles. The molecule has 1 aliphatic carbocycles. The molecule has 3 atom stereocenters. The van der Waals surface area contributed by atoms with Crippen LogP contribution < -0.4 is 0 Å². The van der Waals surface area contributed by atoms with Gasteiger partial charge in [-0.15, -0.1) is 0 Å². The van der Waals surface area contributed by atoms with Crippen LogP contribution in [0.3, 0.4) is 0 Å². The first-order valence-corrected chi connectivity index (χ1v) is 16.0. The van der Waals surface area contributed by atoms with Crippen molar-refractivity contribution in [1.82, 2.24) is 0 Å². The first-order chi connectivity index (χ1) is 17.7. The van der Waals surface area contributed by atoms with Crippen molar-refractivity contribution in [2.45, 2.75) is 144 Å². The van der Waals surface area contributed by atoms with Crippen molar-refractivity contribution in [1.29, 1.82) is 0 Å². The van der Waals surface area contributed by atoms with Crippen LogP contribution in [-0.2, 0) is 5.41 Å². The molecule has 0 saturated carbocycles. The van der Waals surface area contributed by atoms with E-state index in [0.29, 0.717) is 11.3 Å². The Balaban J connectivity index is 2.19. The number of fused-ring (bicyclic) bond motifs is 3. The number of hydrogen-bond acceptors (Lipinski definition) is 0. The molecule has 0 fully saturated rings. The van der Waals surface area contributed by atoms with Crippen LogP contribution in [0.2, 0.25) is 0 Å². The van der Waals surface area contributed by atoms with Gasteiger partial charge < -0.3 is 0 Å². The molecule has 1 aliphatic rings. The summed E-state index contributed by atoms with van der Waals surface area (Å²) in [5.41, 5.74) is 8.44. The maximum absolute atomic E-state index is 2.70. The Labute approximate surface area is 231 Å². The van der Waals surface area contributed by atoms with Crippen molar-refractivity contribution in [3.05, 3.63) is 59.2 Å². The predicted octanol–water partition coefficient (Wildman–Crippen LogP) is 12.1. The van der Waals surface area contributed by atoms with Gasteiger partial charge in [0.1, 0.15) is 0 Å². The van der Waals surface area contributed by atoms with Gasteiger partial charge in [0, 0.05) is 5.41 Å². The van der Waals surface area contributed by atoms with E-state index in [9.17, 15) is 0 Å². The average Bonchev–Trinajstić information content (AvgIpc) is 3.16. The van der Waals surface area contributed by atoms with Crippen LogP contribution in [0.4, 0.5) is 0 Å². The molecule has 0 amide bonds. The van der Waals surface area contributed by atoms with E-state index in [4.69, 9.17) is 0 Å². The fraction of sp³-hybridized carbons (Fsp3) is 0.676. The second-order valence-corrected chi connectivity index (χ2v) is 13.5. The van der Waals surface area contributed by atoms with Crippen molar-refractivity contribution in [2.75, 3.05) is 0 Å². The smallest absolute Gasteiger partial charge is 0.0220 e. The molecular formula is C37H58. The minimum atomic E-state index is 0.158. The lowest BCUT2D eigenvalue weighted by Gasteiger charge is -2.39. The van der Waals surface area contributed by atoms with Gasteiger partial charge in [-0.1, -0.05) is 149 Å². The minimum Gasteiger partial charge on any atom is -0.0654 e. The zero-order chi connectivity index (χ0) is 27.1. The summed E-state index contributed by atoms with van der Waals surface area (Å²) in [5.74, 6) is 2.22. The summed E-state index contributed by atoms with van der Waals surface area (Å²) in [6.07, 6.45) is 15.8. The summed E-state index contributed by atoms with van der Waals surface area (Å²) >= 11 is 0. The summed E-state index contributed by atoms with van der Waals surface area (Å²) in [7, 11) is 0. The monoisotopic (exact) mass is 502 g/mol. The van der Waals surface area contributed by atoms with Crippen LogP contribution in [-0.4, -0.2) is 0 Å². The molecule has 3 rings (SSSR count). The predicted molar refractivity (Wildman–Crippen MR) is 166 cm³/mol. The van der Waals surface area contributed by atoms with E-state index in [1.165, 1.54) is 88.2 Å². The van der Waals surface area contributed by atoms with Crippen molar-refractivity contribution in [3.63, 3.8) is 0 Å². The molecule has 0 saturated heterocycles. The molecule has 2 aromatic rings. The fourth-order valence-corrected chi connectivity index (χ4v) is 7.36. The number of hydrogen-bond donors (Lipinski definition) is 0.